The van der Waals surface area contributed by atoms with Gasteiger partial charge in [0.25, 0.3) is 0 Å². The van der Waals surface area contributed by atoms with Gasteiger partial charge in [-0.3, -0.25) is 4.79 Å². The topological polar surface area (TPSA) is 91.8 Å². The van der Waals surface area contributed by atoms with E-state index < -0.39 is 12.0 Å². The molecular formula is C13H17N3O4. The van der Waals surface area contributed by atoms with Gasteiger partial charge in [0.15, 0.2) is 0 Å². The van der Waals surface area contributed by atoms with Gasteiger partial charge >= 0.3 is 5.97 Å². The lowest BCUT2D eigenvalue weighted by Gasteiger charge is -2.35. The van der Waals surface area contributed by atoms with Crippen LogP contribution in [0.15, 0.2) is 12.3 Å². The second-order valence-corrected chi connectivity index (χ2v) is 4.57. The summed E-state index contributed by atoms with van der Waals surface area (Å²) in [5, 5.41) is 11.6. The summed E-state index contributed by atoms with van der Waals surface area (Å²) in [6.07, 6.45) is 1.31. The minimum Gasteiger partial charge on any atom is -0.478 e. The summed E-state index contributed by atoms with van der Waals surface area (Å²) >= 11 is 0. The number of hydrogen-bond acceptors (Lipinski definition) is 5. The summed E-state index contributed by atoms with van der Waals surface area (Å²) in [6.45, 7) is 3.13. The standard InChI is InChI=1S/C13H17N3O4/c1-8-5-9(13(18)19)6-15-11(8)16-3-4-20-7-10(16)12(17)14-2/h5-6,10H,3-4,7H2,1-2H3,(H,14,17)(H,18,19). The fourth-order valence-electron chi connectivity index (χ4n) is 2.23. The summed E-state index contributed by atoms with van der Waals surface area (Å²) in [6, 6.07) is 1.11. The van der Waals surface area contributed by atoms with Crippen LogP contribution in [0, 0.1) is 6.92 Å². The van der Waals surface area contributed by atoms with Gasteiger partial charge in [0.1, 0.15) is 11.9 Å². The molecule has 7 heteroatoms. The number of aromatic carboxylic acids is 1. The molecule has 0 bridgehead atoms. The normalized spacial score (nSPS) is 18.7. The van der Waals surface area contributed by atoms with Crippen molar-refractivity contribution in [1.29, 1.82) is 0 Å². The Morgan fingerprint density at radius 3 is 2.90 bits per heavy atom. The number of hydrogen-bond donors (Lipinski definition) is 2. The van der Waals surface area contributed by atoms with E-state index in [0.29, 0.717) is 25.6 Å². The molecule has 0 spiro atoms. The number of pyridine rings is 1. The van der Waals surface area contributed by atoms with Crippen LogP contribution in [-0.4, -0.2) is 54.8 Å². The number of carbonyl (C=O) groups is 2. The van der Waals surface area contributed by atoms with Crippen molar-refractivity contribution in [3.63, 3.8) is 0 Å². The largest absolute Gasteiger partial charge is 0.478 e. The number of aromatic nitrogens is 1. The third-order valence-corrected chi connectivity index (χ3v) is 3.25. The molecule has 1 aliphatic heterocycles. The van der Waals surface area contributed by atoms with E-state index in [0.717, 1.165) is 5.56 Å². The molecule has 0 aromatic carbocycles. The lowest BCUT2D eigenvalue weighted by Crippen LogP contribution is -2.53. The minimum absolute atomic E-state index is 0.135. The van der Waals surface area contributed by atoms with E-state index in [1.165, 1.54) is 6.20 Å². The molecule has 108 valence electrons. The smallest absolute Gasteiger partial charge is 0.337 e. The van der Waals surface area contributed by atoms with Gasteiger partial charge in [-0.05, 0) is 18.6 Å². The van der Waals surface area contributed by atoms with E-state index in [9.17, 15) is 9.59 Å². The van der Waals surface area contributed by atoms with Crippen molar-refractivity contribution in [3.8, 4) is 0 Å². The highest BCUT2D eigenvalue weighted by molar-refractivity contribution is 5.88. The van der Waals surface area contributed by atoms with E-state index in [2.05, 4.69) is 10.3 Å². The molecule has 1 aliphatic rings. The maximum Gasteiger partial charge on any atom is 0.337 e. The molecule has 2 rings (SSSR count). The molecule has 0 saturated carbocycles. The maximum absolute atomic E-state index is 11.9. The quantitative estimate of drug-likeness (QED) is 0.811. The highest BCUT2D eigenvalue weighted by Gasteiger charge is 2.30. The number of aryl methyl sites for hydroxylation is 1. The van der Waals surface area contributed by atoms with Gasteiger partial charge in [0.2, 0.25) is 5.91 Å². The first kappa shape index (κ1) is 14.3. The van der Waals surface area contributed by atoms with Crippen LogP contribution in [0.5, 0.6) is 0 Å². The molecule has 0 radical (unpaired) electrons. The number of amides is 1. The number of rotatable bonds is 3. The molecule has 1 amide bonds. The minimum atomic E-state index is -1.02. The molecule has 0 aliphatic carbocycles. The highest BCUT2D eigenvalue weighted by Crippen LogP contribution is 2.22. The number of carbonyl (C=O) groups excluding carboxylic acids is 1. The monoisotopic (exact) mass is 279 g/mol. The number of nitrogens with one attached hydrogen (secondary N) is 1. The van der Waals surface area contributed by atoms with E-state index >= 15 is 0 Å². The zero-order chi connectivity index (χ0) is 14.7. The van der Waals surface area contributed by atoms with Crippen LogP contribution in [0.4, 0.5) is 5.82 Å². The van der Waals surface area contributed by atoms with Crippen molar-refractivity contribution >= 4 is 17.7 Å². The van der Waals surface area contributed by atoms with Crippen molar-refractivity contribution in [2.45, 2.75) is 13.0 Å². The zero-order valence-electron chi connectivity index (χ0n) is 11.4. The van der Waals surface area contributed by atoms with Crippen molar-refractivity contribution < 1.29 is 19.4 Å². The molecule has 2 heterocycles. The fraction of sp³-hybridized carbons (Fsp3) is 0.462. The molecule has 7 nitrogen and oxygen atoms in total. The lowest BCUT2D eigenvalue weighted by molar-refractivity contribution is -0.124. The third-order valence-electron chi connectivity index (χ3n) is 3.25. The van der Waals surface area contributed by atoms with Crippen LogP contribution in [0.1, 0.15) is 15.9 Å². The Labute approximate surface area is 116 Å². The second kappa shape index (κ2) is 5.87. The Morgan fingerprint density at radius 1 is 1.55 bits per heavy atom. The molecule has 1 atom stereocenters. The Hall–Kier alpha value is -2.15. The maximum atomic E-state index is 11.9. The molecule has 1 aromatic rings. The van der Waals surface area contributed by atoms with Gasteiger partial charge in [0, 0.05) is 19.8 Å². The van der Waals surface area contributed by atoms with Crippen LogP contribution in [-0.2, 0) is 9.53 Å². The number of morpholine rings is 1. The second-order valence-electron chi connectivity index (χ2n) is 4.57. The Kier molecular flexibility index (Phi) is 4.19. The van der Waals surface area contributed by atoms with Gasteiger partial charge in [-0.2, -0.15) is 0 Å². The predicted molar refractivity (Wildman–Crippen MR) is 72.0 cm³/mol. The van der Waals surface area contributed by atoms with Crippen LogP contribution in [0.25, 0.3) is 0 Å². The number of ether oxygens (including phenoxy) is 1. The number of anilines is 1. The molecule has 20 heavy (non-hydrogen) atoms. The molecule has 1 saturated heterocycles. The zero-order valence-corrected chi connectivity index (χ0v) is 11.4. The lowest BCUT2D eigenvalue weighted by atomic mass is 10.1. The highest BCUT2D eigenvalue weighted by atomic mass is 16.5. The number of carboxylic acid groups (broad SMARTS) is 1. The van der Waals surface area contributed by atoms with Crippen LogP contribution >= 0.6 is 0 Å². The fourth-order valence-corrected chi connectivity index (χ4v) is 2.23. The average Bonchev–Trinajstić information content (AvgIpc) is 2.46. The molecule has 1 aromatic heterocycles. The van der Waals surface area contributed by atoms with Crippen LogP contribution in [0.2, 0.25) is 0 Å². The number of likely N-dealkylation sites (N-methyl/N-ethyl adjacent to an activating group) is 1. The first-order valence-corrected chi connectivity index (χ1v) is 6.30. The number of carboxylic acids is 1. The van der Waals surface area contributed by atoms with E-state index in [1.807, 2.05) is 4.90 Å². The molecule has 1 unspecified atom stereocenters. The van der Waals surface area contributed by atoms with Crippen molar-refractivity contribution in [1.82, 2.24) is 10.3 Å². The van der Waals surface area contributed by atoms with Gasteiger partial charge < -0.3 is 20.1 Å². The van der Waals surface area contributed by atoms with Gasteiger partial charge in [-0.25, -0.2) is 9.78 Å². The first-order chi connectivity index (χ1) is 9.54. The Morgan fingerprint density at radius 2 is 2.30 bits per heavy atom. The van der Waals surface area contributed by atoms with Gasteiger partial charge in [-0.15, -0.1) is 0 Å². The third kappa shape index (κ3) is 2.72. The predicted octanol–water partition coefficient (Wildman–Crippen LogP) is 0.0394. The van der Waals surface area contributed by atoms with E-state index in [4.69, 9.17) is 9.84 Å². The van der Waals surface area contributed by atoms with E-state index in [1.54, 1.807) is 20.0 Å². The summed E-state index contributed by atoms with van der Waals surface area (Å²) in [5.74, 6) is -0.544. The first-order valence-electron chi connectivity index (χ1n) is 6.30. The van der Waals surface area contributed by atoms with Crippen LogP contribution < -0.4 is 10.2 Å². The summed E-state index contributed by atoms with van der Waals surface area (Å²) in [7, 11) is 1.57. The summed E-state index contributed by atoms with van der Waals surface area (Å²) < 4.78 is 5.33. The molecule has 1 fully saturated rings. The Balaban J connectivity index is 2.32. The van der Waals surface area contributed by atoms with E-state index in [-0.39, 0.29) is 11.5 Å². The summed E-state index contributed by atoms with van der Waals surface area (Å²) in [4.78, 5) is 28.9. The van der Waals surface area contributed by atoms with Gasteiger partial charge in [0.05, 0.1) is 18.8 Å². The van der Waals surface area contributed by atoms with Crippen molar-refractivity contribution in [2.24, 2.45) is 0 Å². The van der Waals surface area contributed by atoms with Crippen LogP contribution in [0.3, 0.4) is 0 Å². The van der Waals surface area contributed by atoms with Crippen molar-refractivity contribution in [2.75, 3.05) is 31.7 Å². The van der Waals surface area contributed by atoms with Gasteiger partial charge in [-0.1, -0.05) is 0 Å². The molecular weight excluding hydrogens is 262 g/mol. The molecule has 2 N–H and O–H groups in total. The Bertz CT molecular complexity index is 532. The average molecular weight is 279 g/mol. The number of nitrogens with zero attached hydrogens (tertiary/aromatic N) is 2. The summed E-state index contributed by atoms with van der Waals surface area (Å²) in [5.41, 5.74) is 0.858. The van der Waals surface area contributed by atoms with Crippen molar-refractivity contribution in [3.05, 3.63) is 23.4 Å². The SMILES string of the molecule is CNC(=O)C1COCCN1c1ncc(C(=O)O)cc1C.